The molecular formula is C13H10BrClFNO2S. The Bertz CT molecular complexity index is 745. The molecule has 0 aromatic heterocycles. The van der Waals surface area contributed by atoms with Gasteiger partial charge in [-0.05, 0) is 58.7 Å². The smallest absolute Gasteiger partial charge is 0.263 e. The van der Waals surface area contributed by atoms with Crippen LogP contribution in [0.25, 0.3) is 0 Å². The summed E-state index contributed by atoms with van der Waals surface area (Å²) in [6.45, 7) is 1.85. The van der Waals surface area contributed by atoms with Crippen molar-refractivity contribution in [3.05, 3.63) is 57.3 Å². The maximum atomic E-state index is 13.2. The van der Waals surface area contributed by atoms with Crippen molar-refractivity contribution >= 4 is 43.2 Å². The summed E-state index contributed by atoms with van der Waals surface area (Å²) in [5, 5.41) is 0.116. The van der Waals surface area contributed by atoms with Gasteiger partial charge in [0.05, 0.1) is 5.69 Å². The van der Waals surface area contributed by atoms with Crippen molar-refractivity contribution in [2.24, 2.45) is 0 Å². The van der Waals surface area contributed by atoms with Gasteiger partial charge in [-0.3, -0.25) is 4.72 Å². The number of benzene rings is 2. The molecule has 0 spiro atoms. The number of aryl methyl sites for hydroxylation is 1. The van der Waals surface area contributed by atoms with E-state index in [-0.39, 0.29) is 15.6 Å². The highest BCUT2D eigenvalue weighted by atomic mass is 79.9. The molecule has 0 aliphatic heterocycles. The van der Waals surface area contributed by atoms with E-state index in [9.17, 15) is 12.8 Å². The van der Waals surface area contributed by atoms with E-state index >= 15 is 0 Å². The van der Waals surface area contributed by atoms with Gasteiger partial charge in [-0.25, -0.2) is 12.8 Å². The van der Waals surface area contributed by atoms with Crippen LogP contribution in [0.3, 0.4) is 0 Å². The largest absolute Gasteiger partial charge is 0.279 e. The Labute approximate surface area is 130 Å². The van der Waals surface area contributed by atoms with Crippen LogP contribution in [0.4, 0.5) is 10.1 Å². The zero-order valence-electron chi connectivity index (χ0n) is 10.3. The number of hydrogen-bond donors (Lipinski definition) is 1. The highest BCUT2D eigenvalue weighted by Crippen LogP contribution is 2.26. The molecule has 3 nitrogen and oxygen atoms in total. The topological polar surface area (TPSA) is 46.2 Å². The van der Waals surface area contributed by atoms with Crippen LogP contribution in [0.5, 0.6) is 0 Å². The summed E-state index contributed by atoms with van der Waals surface area (Å²) in [7, 11) is -3.82. The quantitative estimate of drug-likeness (QED) is 0.863. The molecular weight excluding hydrogens is 369 g/mol. The minimum Gasteiger partial charge on any atom is -0.279 e. The van der Waals surface area contributed by atoms with Gasteiger partial charge in [0.15, 0.2) is 0 Å². The van der Waals surface area contributed by atoms with Crippen LogP contribution in [0.15, 0.2) is 45.8 Å². The fourth-order valence-electron chi connectivity index (χ4n) is 1.65. The third-order valence-corrected chi connectivity index (χ3v) is 5.07. The Kier molecular flexibility index (Phi) is 4.36. The van der Waals surface area contributed by atoms with E-state index in [1.807, 2.05) is 6.92 Å². The number of nitrogens with one attached hydrogen (secondary N) is 1. The molecule has 2 rings (SSSR count). The Morgan fingerprint density at radius 3 is 2.50 bits per heavy atom. The van der Waals surface area contributed by atoms with Gasteiger partial charge in [0.1, 0.15) is 10.7 Å². The second kappa shape index (κ2) is 5.71. The molecule has 0 heterocycles. The van der Waals surface area contributed by atoms with Crippen LogP contribution in [0, 0.1) is 12.7 Å². The standard InChI is InChI=1S/C13H10BrClFNO2S/c1-8-2-3-13(12(14)4-8)20(18,19)17-11-6-9(15)5-10(16)7-11/h2-7,17H,1H3. The Hall–Kier alpha value is -1.11. The van der Waals surface area contributed by atoms with Crippen molar-refractivity contribution < 1.29 is 12.8 Å². The summed E-state index contributed by atoms with van der Waals surface area (Å²) < 4.78 is 40.4. The summed E-state index contributed by atoms with van der Waals surface area (Å²) in [4.78, 5) is 0.0727. The number of anilines is 1. The molecule has 0 aliphatic carbocycles. The van der Waals surface area contributed by atoms with E-state index in [1.54, 1.807) is 12.1 Å². The Morgan fingerprint density at radius 2 is 1.90 bits per heavy atom. The van der Waals surface area contributed by atoms with Crippen LogP contribution < -0.4 is 4.72 Å². The van der Waals surface area contributed by atoms with Gasteiger partial charge in [0, 0.05) is 9.50 Å². The van der Waals surface area contributed by atoms with E-state index in [1.165, 1.54) is 12.1 Å². The lowest BCUT2D eigenvalue weighted by Crippen LogP contribution is -2.13. The van der Waals surface area contributed by atoms with E-state index in [0.29, 0.717) is 4.47 Å². The molecule has 0 aliphatic rings. The van der Waals surface area contributed by atoms with Gasteiger partial charge in [-0.1, -0.05) is 17.7 Å². The highest BCUT2D eigenvalue weighted by molar-refractivity contribution is 9.10. The molecule has 1 N–H and O–H groups in total. The predicted molar refractivity (Wildman–Crippen MR) is 81.1 cm³/mol. The molecule has 0 fully saturated rings. The summed E-state index contributed by atoms with van der Waals surface area (Å²) >= 11 is 8.90. The van der Waals surface area contributed by atoms with Crippen LogP contribution in [0.1, 0.15) is 5.56 Å². The van der Waals surface area contributed by atoms with Gasteiger partial charge >= 0.3 is 0 Å². The second-order valence-corrected chi connectivity index (χ2v) is 7.14. The number of sulfonamides is 1. The van der Waals surface area contributed by atoms with Gasteiger partial charge in [-0.15, -0.1) is 0 Å². The average molecular weight is 379 g/mol. The first kappa shape index (κ1) is 15.3. The molecule has 0 bridgehead atoms. The molecule has 0 radical (unpaired) electrons. The maximum Gasteiger partial charge on any atom is 0.263 e. The molecule has 0 saturated heterocycles. The van der Waals surface area contributed by atoms with Crippen LogP contribution in [0.2, 0.25) is 5.02 Å². The fraction of sp³-hybridized carbons (Fsp3) is 0.0769. The fourth-order valence-corrected chi connectivity index (χ4v) is 4.10. The van der Waals surface area contributed by atoms with Crippen LogP contribution in [-0.2, 0) is 10.0 Å². The van der Waals surface area contributed by atoms with E-state index in [4.69, 9.17) is 11.6 Å². The molecule has 106 valence electrons. The van der Waals surface area contributed by atoms with Crippen molar-refractivity contribution in [1.82, 2.24) is 0 Å². The summed E-state index contributed by atoms with van der Waals surface area (Å²) in [6, 6.07) is 8.34. The van der Waals surface area contributed by atoms with Gasteiger partial charge in [0.2, 0.25) is 0 Å². The molecule has 0 saturated carbocycles. The van der Waals surface area contributed by atoms with Gasteiger partial charge in [0.25, 0.3) is 10.0 Å². The zero-order valence-corrected chi connectivity index (χ0v) is 13.5. The first-order chi connectivity index (χ1) is 9.28. The average Bonchev–Trinajstić information content (AvgIpc) is 2.25. The first-order valence-corrected chi connectivity index (χ1v) is 8.18. The van der Waals surface area contributed by atoms with E-state index in [0.717, 1.165) is 17.7 Å². The Morgan fingerprint density at radius 1 is 1.20 bits per heavy atom. The van der Waals surface area contributed by atoms with Gasteiger partial charge < -0.3 is 0 Å². The minimum atomic E-state index is -3.82. The summed E-state index contributed by atoms with van der Waals surface area (Å²) in [6.07, 6.45) is 0. The normalized spacial score (nSPS) is 11.4. The monoisotopic (exact) mass is 377 g/mol. The molecule has 20 heavy (non-hydrogen) atoms. The van der Waals surface area contributed by atoms with Crippen molar-refractivity contribution in [1.29, 1.82) is 0 Å². The van der Waals surface area contributed by atoms with Crippen LogP contribution in [-0.4, -0.2) is 8.42 Å². The minimum absolute atomic E-state index is 0.0717. The predicted octanol–water partition coefficient (Wildman–Crippen LogP) is 4.35. The van der Waals surface area contributed by atoms with Crippen molar-refractivity contribution in [2.45, 2.75) is 11.8 Å². The third kappa shape index (κ3) is 3.50. The van der Waals surface area contributed by atoms with Gasteiger partial charge in [-0.2, -0.15) is 0 Å². The Balaban J connectivity index is 2.40. The second-order valence-electron chi connectivity index (χ2n) is 4.20. The maximum absolute atomic E-state index is 13.2. The lowest BCUT2D eigenvalue weighted by atomic mass is 10.2. The summed E-state index contributed by atoms with van der Waals surface area (Å²) in [5.41, 5.74) is 0.993. The zero-order chi connectivity index (χ0) is 14.9. The van der Waals surface area contributed by atoms with E-state index in [2.05, 4.69) is 20.7 Å². The lowest BCUT2D eigenvalue weighted by Gasteiger charge is -2.10. The molecule has 7 heteroatoms. The SMILES string of the molecule is Cc1ccc(S(=O)(=O)Nc2cc(F)cc(Cl)c2)c(Br)c1. The number of halogens is 3. The van der Waals surface area contributed by atoms with Crippen molar-refractivity contribution in [3.63, 3.8) is 0 Å². The van der Waals surface area contributed by atoms with Crippen molar-refractivity contribution in [3.8, 4) is 0 Å². The number of rotatable bonds is 3. The highest BCUT2D eigenvalue weighted by Gasteiger charge is 2.18. The molecule has 0 unspecified atom stereocenters. The van der Waals surface area contributed by atoms with Crippen LogP contribution >= 0.6 is 27.5 Å². The molecule has 0 amide bonds. The number of hydrogen-bond acceptors (Lipinski definition) is 2. The molecule has 2 aromatic carbocycles. The van der Waals surface area contributed by atoms with Crippen molar-refractivity contribution in [2.75, 3.05) is 4.72 Å². The molecule has 2 aromatic rings. The van der Waals surface area contributed by atoms with E-state index < -0.39 is 15.8 Å². The summed E-state index contributed by atoms with van der Waals surface area (Å²) in [5.74, 6) is -0.613. The molecule has 0 atom stereocenters. The third-order valence-electron chi connectivity index (χ3n) is 2.49. The first-order valence-electron chi connectivity index (χ1n) is 5.53. The lowest BCUT2D eigenvalue weighted by molar-refractivity contribution is 0.600.